The monoisotopic (exact) mass is 324 g/mol. The van der Waals surface area contributed by atoms with Crippen LogP contribution in [0.25, 0.3) is 10.9 Å². The lowest BCUT2D eigenvalue weighted by Gasteiger charge is -2.29. The largest absolute Gasteiger partial charge is 0.494 e. The fourth-order valence-corrected chi connectivity index (χ4v) is 3.17. The zero-order valence-corrected chi connectivity index (χ0v) is 13.4. The Morgan fingerprint density at radius 2 is 1.96 bits per heavy atom. The highest BCUT2D eigenvalue weighted by Crippen LogP contribution is 2.34. The van der Waals surface area contributed by atoms with Gasteiger partial charge in [-0.3, -0.25) is 9.97 Å². The molecule has 1 saturated heterocycles. The minimum atomic E-state index is 0.274. The Morgan fingerprint density at radius 3 is 2.75 bits per heavy atom. The van der Waals surface area contributed by atoms with Crippen LogP contribution in [0.2, 0.25) is 0 Å². The van der Waals surface area contributed by atoms with Gasteiger partial charge in [-0.05, 0) is 18.2 Å². The summed E-state index contributed by atoms with van der Waals surface area (Å²) in [6, 6.07) is 7.85. The maximum absolute atomic E-state index is 10.7. The van der Waals surface area contributed by atoms with E-state index in [1.807, 2.05) is 35.0 Å². The second-order valence-corrected chi connectivity index (χ2v) is 5.91. The number of aryl methyl sites for hydroxylation is 2. The fraction of sp³-hybridized carbons (Fsp3) is 0.333. The van der Waals surface area contributed by atoms with Crippen molar-refractivity contribution in [2.24, 2.45) is 0 Å². The number of fused-ring (bicyclic) bond motifs is 1. The number of pyridine rings is 2. The Morgan fingerprint density at radius 1 is 1.08 bits per heavy atom. The van der Waals surface area contributed by atoms with E-state index in [9.17, 15) is 5.11 Å². The van der Waals surface area contributed by atoms with Crippen LogP contribution < -0.4 is 4.90 Å². The normalized spacial score (nSPS) is 15.1. The van der Waals surface area contributed by atoms with Gasteiger partial charge >= 0.3 is 0 Å². The summed E-state index contributed by atoms with van der Waals surface area (Å²) in [7, 11) is 0. The van der Waals surface area contributed by atoms with Gasteiger partial charge in [-0.25, -0.2) is 0 Å². The van der Waals surface area contributed by atoms with E-state index >= 15 is 0 Å². The summed E-state index contributed by atoms with van der Waals surface area (Å²) in [6.07, 6.45) is 6.27. The highest BCUT2D eigenvalue weighted by Gasteiger charge is 2.19. The molecule has 124 valence electrons. The van der Waals surface area contributed by atoms with E-state index in [0.29, 0.717) is 19.8 Å². The average Bonchev–Trinajstić information content (AvgIpc) is 2.98. The molecule has 0 unspecified atom stereocenters. The van der Waals surface area contributed by atoms with Gasteiger partial charge in [0, 0.05) is 50.3 Å². The molecule has 4 rings (SSSR count). The van der Waals surface area contributed by atoms with Gasteiger partial charge in [0.1, 0.15) is 0 Å². The van der Waals surface area contributed by atoms with Crippen molar-refractivity contribution in [2.45, 2.75) is 13.0 Å². The van der Waals surface area contributed by atoms with Crippen molar-refractivity contribution in [1.82, 2.24) is 14.5 Å². The summed E-state index contributed by atoms with van der Waals surface area (Å²) in [5, 5.41) is 11.5. The Labute approximate surface area is 140 Å². The molecular formula is C18H20N4O2. The maximum atomic E-state index is 10.7. The van der Waals surface area contributed by atoms with E-state index in [1.54, 1.807) is 12.4 Å². The number of nitrogens with zero attached hydrogens (tertiary/aromatic N) is 4. The minimum Gasteiger partial charge on any atom is -0.494 e. The molecule has 6 nitrogen and oxygen atoms in total. The molecule has 1 N–H and O–H groups in total. The number of aromatic hydroxyl groups is 1. The summed E-state index contributed by atoms with van der Waals surface area (Å²) < 4.78 is 7.28. The van der Waals surface area contributed by atoms with Gasteiger partial charge in [-0.2, -0.15) is 0 Å². The summed E-state index contributed by atoms with van der Waals surface area (Å²) in [5.41, 5.74) is 2.85. The summed E-state index contributed by atoms with van der Waals surface area (Å²) >= 11 is 0. The third-order valence-corrected chi connectivity index (χ3v) is 4.42. The molecule has 0 saturated carbocycles. The van der Waals surface area contributed by atoms with Gasteiger partial charge in [0.15, 0.2) is 0 Å². The second kappa shape index (κ2) is 6.49. The zero-order valence-electron chi connectivity index (χ0n) is 13.4. The fourth-order valence-electron chi connectivity index (χ4n) is 3.17. The van der Waals surface area contributed by atoms with Crippen LogP contribution in [0.15, 0.2) is 42.9 Å². The van der Waals surface area contributed by atoms with E-state index in [4.69, 9.17) is 4.74 Å². The van der Waals surface area contributed by atoms with Crippen LogP contribution in [0.1, 0.15) is 5.69 Å². The van der Waals surface area contributed by atoms with Crippen molar-refractivity contribution in [2.75, 3.05) is 31.2 Å². The number of anilines is 1. The van der Waals surface area contributed by atoms with Gasteiger partial charge in [0.05, 0.1) is 29.8 Å². The van der Waals surface area contributed by atoms with Crippen molar-refractivity contribution >= 4 is 16.6 Å². The van der Waals surface area contributed by atoms with Gasteiger partial charge in [-0.15, -0.1) is 0 Å². The first-order valence-corrected chi connectivity index (χ1v) is 8.22. The molecule has 0 bridgehead atoms. The van der Waals surface area contributed by atoms with Gasteiger partial charge in [0.2, 0.25) is 5.88 Å². The molecule has 0 atom stereocenters. The van der Waals surface area contributed by atoms with Crippen molar-refractivity contribution in [3.8, 4) is 5.88 Å². The first-order valence-electron chi connectivity index (χ1n) is 8.22. The lowest BCUT2D eigenvalue weighted by Crippen LogP contribution is -2.36. The topological polar surface area (TPSA) is 63.4 Å². The minimum absolute atomic E-state index is 0.274. The molecule has 1 aliphatic rings. The van der Waals surface area contributed by atoms with Crippen LogP contribution in [0.5, 0.6) is 5.88 Å². The molecule has 4 heterocycles. The predicted molar refractivity (Wildman–Crippen MR) is 92.4 cm³/mol. The SMILES string of the molecule is Oc1c2c(N3CCOCC3)ccnc2cn1CCc1ccccn1. The highest BCUT2D eigenvalue weighted by atomic mass is 16.5. The number of aromatic nitrogens is 3. The van der Waals surface area contributed by atoms with E-state index < -0.39 is 0 Å². The van der Waals surface area contributed by atoms with Crippen molar-refractivity contribution < 1.29 is 9.84 Å². The molecule has 1 aliphatic heterocycles. The number of hydrogen-bond donors (Lipinski definition) is 1. The molecular weight excluding hydrogens is 304 g/mol. The Kier molecular flexibility index (Phi) is 4.04. The van der Waals surface area contributed by atoms with Crippen molar-refractivity contribution in [1.29, 1.82) is 0 Å². The van der Waals surface area contributed by atoms with Crippen LogP contribution in [0.4, 0.5) is 5.69 Å². The summed E-state index contributed by atoms with van der Waals surface area (Å²) in [4.78, 5) is 11.0. The molecule has 6 heteroatoms. The van der Waals surface area contributed by atoms with Crippen molar-refractivity contribution in [3.63, 3.8) is 0 Å². The Bertz CT molecular complexity index is 826. The maximum Gasteiger partial charge on any atom is 0.202 e. The Balaban J connectivity index is 1.64. The highest BCUT2D eigenvalue weighted by molar-refractivity contribution is 5.96. The van der Waals surface area contributed by atoms with Crippen LogP contribution in [0.3, 0.4) is 0 Å². The third kappa shape index (κ3) is 2.80. The van der Waals surface area contributed by atoms with Crippen LogP contribution in [-0.2, 0) is 17.7 Å². The van der Waals surface area contributed by atoms with Crippen molar-refractivity contribution in [3.05, 3.63) is 48.5 Å². The zero-order chi connectivity index (χ0) is 16.4. The van der Waals surface area contributed by atoms with E-state index in [1.165, 1.54) is 0 Å². The van der Waals surface area contributed by atoms with Gasteiger partial charge in [-0.1, -0.05) is 6.07 Å². The number of ether oxygens (including phenoxy) is 1. The molecule has 24 heavy (non-hydrogen) atoms. The number of morpholine rings is 1. The molecule has 0 spiro atoms. The molecule has 0 amide bonds. The quantitative estimate of drug-likeness (QED) is 0.797. The lowest BCUT2D eigenvalue weighted by atomic mass is 10.2. The van der Waals surface area contributed by atoms with Crippen LogP contribution >= 0.6 is 0 Å². The molecule has 3 aromatic heterocycles. The summed E-state index contributed by atoms with van der Waals surface area (Å²) in [5.74, 6) is 0.274. The van der Waals surface area contributed by atoms with E-state index in [2.05, 4.69) is 14.9 Å². The molecule has 3 aromatic rings. The Hall–Kier alpha value is -2.60. The molecule has 0 aromatic carbocycles. The molecule has 0 radical (unpaired) electrons. The molecule has 1 fully saturated rings. The third-order valence-electron chi connectivity index (χ3n) is 4.42. The average molecular weight is 324 g/mol. The van der Waals surface area contributed by atoms with E-state index in [0.717, 1.165) is 41.8 Å². The lowest BCUT2D eigenvalue weighted by molar-refractivity contribution is 0.123. The van der Waals surface area contributed by atoms with Gasteiger partial charge in [0.25, 0.3) is 0 Å². The first-order chi connectivity index (χ1) is 11.8. The molecule has 0 aliphatic carbocycles. The van der Waals surface area contributed by atoms with E-state index in [-0.39, 0.29) is 5.88 Å². The summed E-state index contributed by atoms with van der Waals surface area (Å²) in [6.45, 7) is 3.76. The smallest absolute Gasteiger partial charge is 0.202 e. The predicted octanol–water partition coefficient (Wildman–Crippen LogP) is 2.22. The number of rotatable bonds is 4. The van der Waals surface area contributed by atoms with Gasteiger partial charge < -0.3 is 19.3 Å². The van der Waals surface area contributed by atoms with Crippen LogP contribution in [0, 0.1) is 0 Å². The first kappa shape index (κ1) is 15.0. The number of hydrogen-bond acceptors (Lipinski definition) is 5. The standard InChI is InChI=1S/C18H20N4O2/c23-18-17-15(13-22(18)8-5-14-3-1-2-6-19-14)20-7-4-16(17)21-9-11-24-12-10-21/h1-4,6-7,13,23H,5,8-12H2. The second-order valence-electron chi connectivity index (χ2n) is 5.91. The van der Waals surface area contributed by atoms with Crippen LogP contribution in [-0.4, -0.2) is 45.9 Å².